The number of nitrogens with one attached hydrogen (secondary N) is 3. The Bertz CT molecular complexity index is 2690. The van der Waals surface area contributed by atoms with Crippen LogP contribution in [0, 0.1) is 11.3 Å². The molecular weight excluding hydrogens is 919 g/mol. The second kappa shape index (κ2) is 19.3. The van der Waals surface area contributed by atoms with E-state index in [4.69, 9.17) is 11.6 Å². The number of anilines is 2. The maximum Gasteiger partial charge on any atom is 0.501 e. The van der Waals surface area contributed by atoms with Gasteiger partial charge in [-0.25, -0.2) is 21.6 Å². The molecule has 5 aromatic rings. The minimum atomic E-state index is -6.06. The number of amides is 1. The molecule has 65 heavy (non-hydrogen) atoms. The number of carbonyl (C=O) groups excluding carboxylic acids is 1. The first-order valence-corrected chi connectivity index (χ1v) is 25.6. The van der Waals surface area contributed by atoms with Gasteiger partial charge in [-0.05, 0) is 109 Å². The fraction of sp³-hybridized carbons (Fsp3) is 0.340. The fourth-order valence-electron chi connectivity index (χ4n) is 8.81. The molecule has 0 aliphatic carbocycles. The summed E-state index contributed by atoms with van der Waals surface area (Å²) in [4.78, 5) is 16.5. The molecule has 11 nitrogen and oxygen atoms in total. The standard InChI is InChI=1S/C47H49ClF3N5O6S3/c48-35-14-10-32(11-15-35)40-8-4-5-9-41(40)44(57)33-20-24-56(25-21-33)37-16-12-34(13-17-37)45(58)54-65(61,62)39-18-19-42(43(26-39)64(59,60)47(49,50)51)53-36(27-63-38-6-2-1-3-7-38)22-23-55-30-46(31-55)28-52-29-46/h1-19,26,33,36,44,52-53,57H,20-25,27-31H2,(H,54,58)/t36-,44-/m1/s1. The van der Waals surface area contributed by atoms with Crippen LogP contribution in [0.2, 0.25) is 5.02 Å². The number of hydrogen-bond donors (Lipinski definition) is 4. The van der Waals surface area contributed by atoms with Gasteiger partial charge in [-0.2, -0.15) is 13.2 Å². The number of sulfone groups is 1. The van der Waals surface area contributed by atoms with Crippen LogP contribution in [0.3, 0.4) is 0 Å². The van der Waals surface area contributed by atoms with Crippen LogP contribution < -0.4 is 20.3 Å². The van der Waals surface area contributed by atoms with E-state index in [1.807, 2.05) is 83.6 Å². The number of benzene rings is 5. The molecule has 3 fully saturated rings. The van der Waals surface area contributed by atoms with Crippen molar-refractivity contribution in [3.05, 3.63) is 137 Å². The molecule has 3 aliphatic heterocycles. The van der Waals surface area contributed by atoms with Crippen LogP contribution >= 0.6 is 23.4 Å². The Hall–Kier alpha value is -4.62. The van der Waals surface area contributed by atoms with E-state index in [9.17, 15) is 39.9 Å². The van der Waals surface area contributed by atoms with Crippen molar-refractivity contribution in [2.75, 3.05) is 61.8 Å². The molecule has 3 aliphatic rings. The summed E-state index contributed by atoms with van der Waals surface area (Å²) in [5.41, 5.74) is -2.43. The van der Waals surface area contributed by atoms with E-state index in [1.54, 1.807) is 12.1 Å². The highest BCUT2D eigenvalue weighted by atomic mass is 35.5. The summed E-state index contributed by atoms with van der Waals surface area (Å²) >= 11 is 7.56. The molecular formula is C47H49ClF3N5O6S3. The van der Waals surface area contributed by atoms with Crippen molar-refractivity contribution < 1.29 is 39.9 Å². The second-order valence-corrected chi connectivity index (χ2v) is 22.1. The molecule has 0 aromatic heterocycles. The van der Waals surface area contributed by atoms with E-state index in [2.05, 4.69) is 20.4 Å². The molecule has 0 bridgehead atoms. The lowest BCUT2D eigenvalue weighted by molar-refractivity contribution is -0.0435. The first-order valence-electron chi connectivity index (χ1n) is 21.3. The lowest BCUT2D eigenvalue weighted by Gasteiger charge is -2.56. The molecule has 2 atom stereocenters. The molecule has 3 heterocycles. The Kier molecular flexibility index (Phi) is 13.9. The average molecular weight is 969 g/mol. The number of piperidine rings is 1. The average Bonchev–Trinajstić information content (AvgIpc) is 3.27. The molecule has 1 amide bonds. The van der Waals surface area contributed by atoms with Crippen molar-refractivity contribution in [3.8, 4) is 11.1 Å². The SMILES string of the molecule is O=C(NS(=O)(=O)c1ccc(N[C@H](CCN2CC3(CNC3)C2)CSc2ccccc2)c(S(=O)(=O)C(F)(F)F)c1)c1ccc(N2CCC([C@@H](O)c3ccccc3-c3ccc(Cl)cc3)CC2)cc1. The van der Waals surface area contributed by atoms with Crippen molar-refractivity contribution >= 4 is 60.5 Å². The number of aliphatic hydroxyl groups is 1. The number of thioether (sulfide) groups is 1. The summed E-state index contributed by atoms with van der Waals surface area (Å²) in [7, 11) is -10.9. The first kappa shape index (κ1) is 46.9. The van der Waals surface area contributed by atoms with Gasteiger partial charge in [-0.3, -0.25) is 4.79 Å². The van der Waals surface area contributed by atoms with Crippen LogP contribution in [0.4, 0.5) is 24.5 Å². The largest absolute Gasteiger partial charge is 0.501 e. The van der Waals surface area contributed by atoms with Crippen molar-refractivity contribution in [1.29, 1.82) is 0 Å². The van der Waals surface area contributed by atoms with E-state index in [1.165, 1.54) is 23.9 Å². The number of rotatable bonds is 16. The predicted molar refractivity (Wildman–Crippen MR) is 248 cm³/mol. The smallest absolute Gasteiger partial charge is 0.388 e. The molecule has 4 N–H and O–H groups in total. The first-order chi connectivity index (χ1) is 31.0. The normalized spacial score (nSPS) is 17.8. The monoisotopic (exact) mass is 967 g/mol. The van der Waals surface area contributed by atoms with Gasteiger partial charge in [0.15, 0.2) is 0 Å². The number of aliphatic hydroxyl groups excluding tert-OH is 1. The topological polar surface area (TPSA) is 148 Å². The summed E-state index contributed by atoms with van der Waals surface area (Å²) in [5, 5.41) is 18.4. The number of carbonyl (C=O) groups is 1. The zero-order chi connectivity index (χ0) is 46.0. The molecule has 344 valence electrons. The van der Waals surface area contributed by atoms with Crippen molar-refractivity contribution in [2.24, 2.45) is 11.3 Å². The van der Waals surface area contributed by atoms with Crippen LogP contribution in [-0.4, -0.2) is 95.9 Å². The molecule has 18 heteroatoms. The van der Waals surface area contributed by atoms with E-state index in [0.717, 1.165) is 65.6 Å². The lowest BCUT2D eigenvalue weighted by Crippen LogP contribution is -2.71. The third-order valence-corrected chi connectivity index (χ3v) is 16.7. The molecule has 0 radical (unpaired) electrons. The second-order valence-electron chi connectivity index (χ2n) is 17.0. The number of likely N-dealkylation sites (tertiary alicyclic amines) is 1. The van der Waals surface area contributed by atoms with Gasteiger partial charge in [0, 0.05) is 84.2 Å². The quantitative estimate of drug-likeness (QED) is 0.0710. The minimum absolute atomic E-state index is 0.0145. The molecule has 1 spiro atoms. The summed E-state index contributed by atoms with van der Waals surface area (Å²) in [6.45, 7) is 5.51. The summed E-state index contributed by atoms with van der Waals surface area (Å²) < 4.78 is 97.7. The highest BCUT2D eigenvalue weighted by Crippen LogP contribution is 2.40. The van der Waals surface area contributed by atoms with Gasteiger partial charge in [0.25, 0.3) is 25.8 Å². The third-order valence-electron chi connectivity index (χ3n) is 12.5. The van der Waals surface area contributed by atoms with Crippen molar-refractivity contribution in [2.45, 2.75) is 51.6 Å². The molecule has 0 saturated carbocycles. The maximum atomic E-state index is 14.2. The lowest BCUT2D eigenvalue weighted by atomic mass is 9.74. The highest BCUT2D eigenvalue weighted by Gasteiger charge is 2.49. The van der Waals surface area contributed by atoms with Gasteiger partial charge in [0.2, 0.25) is 0 Å². The summed E-state index contributed by atoms with van der Waals surface area (Å²) in [5.74, 6) is -0.685. The van der Waals surface area contributed by atoms with Gasteiger partial charge < -0.3 is 25.5 Å². The predicted octanol–water partition coefficient (Wildman–Crippen LogP) is 8.24. The van der Waals surface area contributed by atoms with E-state index < -0.39 is 58.9 Å². The Morgan fingerprint density at radius 1 is 0.877 bits per heavy atom. The van der Waals surface area contributed by atoms with Crippen LogP contribution in [0.1, 0.15) is 41.3 Å². The number of halogens is 4. The number of alkyl halides is 3. The van der Waals surface area contributed by atoms with Crippen molar-refractivity contribution in [3.63, 3.8) is 0 Å². The Morgan fingerprint density at radius 2 is 1.54 bits per heavy atom. The van der Waals surface area contributed by atoms with Gasteiger partial charge in [-0.15, -0.1) is 11.8 Å². The Balaban J connectivity index is 0.930. The zero-order valence-corrected chi connectivity index (χ0v) is 38.4. The fourth-order valence-corrected chi connectivity index (χ4v) is 11.9. The number of sulfonamides is 1. The van der Waals surface area contributed by atoms with E-state index in [0.29, 0.717) is 55.7 Å². The number of hydrogen-bond acceptors (Lipinski definition) is 11. The third kappa shape index (κ3) is 10.7. The molecule has 5 aromatic carbocycles. The number of nitrogens with zero attached hydrogens (tertiary/aromatic N) is 2. The molecule has 8 rings (SSSR count). The zero-order valence-electron chi connectivity index (χ0n) is 35.2. The maximum absolute atomic E-state index is 14.2. The van der Waals surface area contributed by atoms with Crippen LogP contribution in [0.15, 0.2) is 136 Å². The molecule has 3 saturated heterocycles. The highest BCUT2D eigenvalue weighted by molar-refractivity contribution is 7.99. The van der Waals surface area contributed by atoms with Gasteiger partial charge in [0.1, 0.15) is 4.90 Å². The van der Waals surface area contributed by atoms with Gasteiger partial charge in [0.05, 0.1) is 16.7 Å². The van der Waals surface area contributed by atoms with E-state index >= 15 is 0 Å². The van der Waals surface area contributed by atoms with Crippen LogP contribution in [-0.2, 0) is 19.9 Å². The van der Waals surface area contributed by atoms with Gasteiger partial charge >= 0.3 is 5.51 Å². The van der Waals surface area contributed by atoms with Gasteiger partial charge in [-0.1, -0.05) is 66.2 Å². The van der Waals surface area contributed by atoms with E-state index in [-0.39, 0.29) is 16.9 Å². The molecule has 0 unspecified atom stereocenters. The summed E-state index contributed by atoms with van der Waals surface area (Å²) in [6.07, 6.45) is 1.14. The van der Waals surface area contributed by atoms with Crippen LogP contribution in [0.25, 0.3) is 11.1 Å². The Labute approximate surface area is 386 Å². The van der Waals surface area contributed by atoms with Crippen LogP contribution in [0.5, 0.6) is 0 Å². The van der Waals surface area contributed by atoms with Crippen molar-refractivity contribution in [1.82, 2.24) is 14.9 Å². The summed E-state index contributed by atoms with van der Waals surface area (Å²) in [6, 6.07) is 32.7. The minimum Gasteiger partial charge on any atom is -0.388 e. The Morgan fingerprint density at radius 3 is 2.18 bits per heavy atom.